The Balaban J connectivity index is 0.000000531. The Hall–Kier alpha value is -1.71. The average molecular weight is 204 g/mol. The standard InChI is InChI=1S/C9H10N4.C2H6/c1-8-10-11-12-13(8)7-9-5-3-2-4-6-9;1-2/h2-6H,7H2,1H3;1-2H3. The second kappa shape index (κ2) is 5.90. The average Bonchev–Trinajstić information content (AvgIpc) is 2.69. The highest BCUT2D eigenvalue weighted by Gasteiger charge is 1.99. The maximum absolute atomic E-state index is 3.87. The Morgan fingerprint density at radius 2 is 1.80 bits per heavy atom. The van der Waals surface area contributed by atoms with Crippen molar-refractivity contribution >= 4 is 0 Å². The molecular formula is C11H16N4. The number of aromatic nitrogens is 4. The summed E-state index contributed by atoms with van der Waals surface area (Å²) in [6.07, 6.45) is 0. The molecule has 0 amide bonds. The molecule has 1 aromatic heterocycles. The van der Waals surface area contributed by atoms with Gasteiger partial charge in [-0.3, -0.25) is 0 Å². The van der Waals surface area contributed by atoms with Crippen molar-refractivity contribution in [3.05, 3.63) is 41.7 Å². The fourth-order valence-electron chi connectivity index (χ4n) is 1.15. The second-order valence-corrected chi connectivity index (χ2v) is 2.87. The third kappa shape index (κ3) is 3.16. The highest BCUT2D eigenvalue weighted by atomic mass is 15.5. The van der Waals surface area contributed by atoms with Crippen molar-refractivity contribution in [2.24, 2.45) is 0 Å². The predicted octanol–water partition coefficient (Wildman–Crippen LogP) is 2.06. The Labute approximate surface area is 89.9 Å². The molecule has 0 atom stereocenters. The van der Waals surface area contributed by atoms with Crippen LogP contribution in [0.2, 0.25) is 0 Å². The van der Waals surface area contributed by atoms with Gasteiger partial charge in [0.25, 0.3) is 0 Å². The van der Waals surface area contributed by atoms with Crippen LogP contribution in [-0.4, -0.2) is 20.2 Å². The van der Waals surface area contributed by atoms with Crippen molar-refractivity contribution < 1.29 is 0 Å². The van der Waals surface area contributed by atoms with Gasteiger partial charge in [-0.15, -0.1) is 5.10 Å². The molecule has 0 aliphatic rings. The molecule has 0 N–H and O–H groups in total. The van der Waals surface area contributed by atoms with E-state index in [0.29, 0.717) is 0 Å². The molecule has 0 bridgehead atoms. The van der Waals surface area contributed by atoms with E-state index in [2.05, 4.69) is 27.7 Å². The molecule has 0 fully saturated rings. The largest absolute Gasteiger partial charge is 0.225 e. The number of hydrogen-bond donors (Lipinski definition) is 0. The molecule has 2 rings (SSSR count). The van der Waals surface area contributed by atoms with Gasteiger partial charge in [0.1, 0.15) is 5.82 Å². The third-order valence-electron chi connectivity index (χ3n) is 1.89. The van der Waals surface area contributed by atoms with Gasteiger partial charge in [0.2, 0.25) is 0 Å². The Morgan fingerprint density at radius 3 is 2.33 bits per heavy atom. The van der Waals surface area contributed by atoms with E-state index in [1.54, 1.807) is 4.68 Å². The Morgan fingerprint density at radius 1 is 1.13 bits per heavy atom. The van der Waals surface area contributed by atoms with Crippen molar-refractivity contribution in [1.82, 2.24) is 20.2 Å². The van der Waals surface area contributed by atoms with Gasteiger partial charge in [-0.2, -0.15) is 0 Å². The second-order valence-electron chi connectivity index (χ2n) is 2.87. The molecule has 4 nitrogen and oxygen atoms in total. The van der Waals surface area contributed by atoms with Crippen LogP contribution in [0.3, 0.4) is 0 Å². The van der Waals surface area contributed by atoms with Crippen LogP contribution in [-0.2, 0) is 6.54 Å². The van der Waals surface area contributed by atoms with Crippen LogP contribution in [0.4, 0.5) is 0 Å². The predicted molar refractivity (Wildman–Crippen MR) is 59.4 cm³/mol. The lowest BCUT2D eigenvalue weighted by atomic mass is 10.2. The van der Waals surface area contributed by atoms with Gasteiger partial charge in [-0.1, -0.05) is 44.2 Å². The summed E-state index contributed by atoms with van der Waals surface area (Å²) in [5.41, 5.74) is 1.21. The normalized spacial score (nSPS) is 9.27. The summed E-state index contributed by atoms with van der Waals surface area (Å²) in [7, 11) is 0. The molecule has 0 aliphatic heterocycles. The maximum atomic E-state index is 3.87. The molecule has 2 aromatic rings. The van der Waals surface area contributed by atoms with Crippen molar-refractivity contribution in [3.63, 3.8) is 0 Å². The van der Waals surface area contributed by atoms with Gasteiger partial charge in [0.15, 0.2) is 0 Å². The zero-order chi connectivity index (χ0) is 11.1. The number of benzene rings is 1. The van der Waals surface area contributed by atoms with Gasteiger partial charge in [0, 0.05) is 0 Å². The molecule has 0 unspecified atom stereocenters. The zero-order valence-corrected chi connectivity index (χ0v) is 9.38. The minimum Gasteiger partial charge on any atom is -0.225 e. The molecule has 80 valence electrons. The highest BCUT2D eigenvalue weighted by Crippen LogP contribution is 2.01. The van der Waals surface area contributed by atoms with Crippen molar-refractivity contribution in [2.75, 3.05) is 0 Å². The molecule has 1 aromatic carbocycles. The van der Waals surface area contributed by atoms with E-state index >= 15 is 0 Å². The van der Waals surface area contributed by atoms with Crippen LogP contribution in [0, 0.1) is 6.92 Å². The van der Waals surface area contributed by atoms with Gasteiger partial charge in [0.05, 0.1) is 6.54 Å². The first-order chi connectivity index (χ1) is 7.36. The van der Waals surface area contributed by atoms with E-state index in [1.807, 2.05) is 39.0 Å². The lowest BCUT2D eigenvalue weighted by Gasteiger charge is -2.00. The van der Waals surface area contributed by atoms with E-state index in [-0.39, 0.29) is 0 Å². The molecule has 0 spiro atoms. The quantitative estimate of drug-likeness (QED) is 0.752. The molecule has 0 saturated carbocycles. The fourth-order valence-corrected chi connectivity index (χ4v) is 1.15. The van der Waals surface area contributed by atoms with E-state index in [4.69, 9.17) is 0 Å². The van der Waals surface area contributed by atoms with E-state index in [1.165, 1.54) is 5.56 Å². The highest BCUT2D eigenvalue weighted by molar-refractivity contribution is 5.14. The van der Waals surface area contributed by atoms with E-state index in [9.17, 15) is 0 Å². The number of hydrogen-bond acceptors (Lipinski definition) is 3. The molecule has 4 heteroatoms. The van der Waals surface area contributed by atoms with Gasteiger partial charge >= 0.3 is 0 Å². The van der Waals surface area contributed by atoms with Crippen molar-refractivity contribution in [3.8, 4) is 0 Å². The molecule has 0 radical (unpaired) electrons. The Bertz CT molecular complexity index is 380. The lowest BCUT2D eigenvalue weighted by molar-refractivity contribution is 0.633. The summed E-state index contributed by atoms with van der Waals surface area (Å²) >= 11 is 0. The summed E-state index contributed by atoms with van der Waals surface area (Å²) in [5, 5.41) is 11.3. The van der Waals surface area contributed by atoms with Gasteiger partial charge in [-0.25, -0.2) is 4.68 Å². The van der Waals surface area contributed by atoms with Crippen LogP contribution in [0.15, 0.2) is 30.3 Å². The lowest BCUT2D eigenvalue weighted by Crippen LogP contribution is -2.03. The van der Waals surface area contributed by atoms with E-state index in [0.717, 1.165) is 12.4 Å². The molecule has 0 saturated heterocycles. The van der Waals surface area contributed by atoms with Gasteiger partial charge < -0.3 is 0 Å². The SMILES string of the molecule is CC.Cc1nnnn1Cc1ccccc1. The monoisotopic (exact) mass is 204 g/mol. The first-order valence-corrected chi connectivity index (χ1v) is 5.13. The maximum Gasteiger partial charge on any atom is 0.148 e. The Kier molecular flexibility index (Phi) is 4.47. The fraction of sp³-hybridized carbons (Fsp3) is 0.364. The molecule has 15 heavy (non-hydrogen) atoms. The third-order valence-corrected chi connectivity index (χ3v) is 1.89. The topological polar surface area (TPSA) is 43.6 Å². The smallest absolute Gasteiger partial charge is 0.148 e. The van der Waals surface area contributed by atoms with Crippen LogP contribution in [0.5, 0.6) is 0 Å². The van der Waals surface area contributed by atoms with Crippen LogP contribution in [0.1, 0.15) is 25.2 Å². The van der Waals surface area contributed by atoms with Crippen LogP contribution in [0.25, 0.3) is 0 Å². The molecular weight excluding hydrogens is 188 g/mol. The zero-order valence-electron chi connectivity index (χ0n) is 9.38. The number of tetrazole rings is 1. The molecule has 0 aliphatic carbocycles. The first-order valence-electron chi connectivity index (χ1n) is 5.13. The van der Waals surface area contributed by atoms with Crippen LogP contribution < -0.4 is 0 Å². The van der Waals surface area contributed by atoms with Crippen LogP contribution >= 0.6 is 0 Å². The minimum absolute atomic E-state index is 0.736. The summed E-state index contributed by atoms with van der Waals surface area (Å²) in [6, 6.07) is 10.1. The van der Waals surface area contributed by atoms with Crippen molar-refractivity contribution in [2.45, 2.75) is 27.3 Å². The summed E-state index contributed by atoms with van der Waals surface area (Å²) in [5.74, 6) is 0.837. The minimum atomic E-state index is 0.736. The number of nitrogens with zero attached hydrogens (tertiary/aromatic N) is 4. The summed E-state index contributed by atoms with van der Waals surface area (Å²) in [6.45, 7) is 6.63. The molecule has 1 heterocycles. The number of aryl methyl sites for hydroxylation is 1. The van der Waals surface area contributed by atoms with Crippen molar-refractivity contribution in [1.29, 1.82) is 0 Å². The first kappa shape index (κ1) is 11.4. The summed E-state index contributed by atoms with van der Waals surface area (Å²) in [4.78, 5) is 0. The van der Waals surface area contributed by atoms with E-state index < -0.39 is 0 Å². The van der Waals surface area contributed by atoms with Gasteiger partial charge in [-0.05, 0) is 22.9 Å². The number of rotatable bonds is 2. The summed E-state index contributed by atoms with van der Waals surface area (Å²) < 4.78 is 1.77.